The van der Waals surface area contributed by atoms with E-state index in [1.165, 1.54) is 19.4 Å². The highest BCUT2D eigenvalue weighted by atomic mass is 16.5. The van der Waals surface area contributed by atoms with Gasteiger partial charge < -0.3 is 9.15 Å². The van der Waals surface area contributed by atoms with Crippen LogP contribution in [0.3, 0.4) is 0 Å². The second-order valence-electron chi connectivity index (χ2n) is 4.89. The van der Waals surface area contributed by atoms with Crippen molar-refractivity contribution in [1.29, 1.82) is 0 Å². The Morgan fingerprint density at radius 2 is 1.86 bits per heavy atom. The Kier molecular flexibility index (Phi) is 3.74. The van der Waals surface area contributed by atoms with E-state index in [0.717, 1.165) is 16.4 Å². The zero-order valence-corrected chi connectivity index (χ0v) is 12.0. The molecule has 2 aromatic carbocycles. The third kappa shape index (κ3) is 2.51. The molecule has 0 N–H and O–H groups in total. The van der Waals surface area contributed by atoms with Crippen molar-refractivity contribution in [1.82, 2.24) is 0 Å². The molecule has 0 saturated heterocycles. The Balaban J connectivity index is 2.02. The number of fused-ring (bicyclic) bond motifs is 3. The summed E-state index contributed by atoms with van der Waals surface area (Å²) in [5, 5.41) is 1.83. The van der Waals surface area contributed by atoms with Gasteiger partial charge in [-0.2, -0.15) is 0 Å². The molecule has 0 bridgehead atoms. The number of Topliss-reactive ketones (excluding diaryl/α,β-unsaturated/α-hetero) is 1. The summed E-state index contributed by atoms with van der Waals surface area (Å²) < 4.78 is 10.5. The maximum atomic E-state index is 12.4. The number of ketones is 2. The Bertz CT molecular complexity index is 886. The molecular formula is C18H14O4. The van der Waals surface area contributed by atoms with Gasteiger partial charge in [0.2, 0.25) is 0 Å². The second-order valence-corrected chi connectivity index (χ2v) is 4.89. The lowest BCUT2D eigenvalue weighted by Gasteiger charge is -2.00. The molecule has 3 rings (SSSR count). The quantitative estimate of drug-likeness (QED) is 0.310. The highest BCUT2D eigenvalue weighted by Gasteiger charge is 2.17. The first-order chi connectivity index (χ1) is 10.7. The summed E-state index contributed by atoms with van der Waals surface area (Å²) in [7, 11) is 1.45. The van der Waals surface area contributed by atoms with Crippen molar-refractivity contribution in [2.45, 2.75) is 6.42 Å². The molecule has 0 fully saturated rings. The first-order valence-corrected chi connectivity index (χ1v) is 6.86. The van der Waals surface area contributed by atoms with Gasteiger partial charge in [0.25, 0.3) is 0 Å². The number of carbonyl (C=O) groups excluding carboxylic acids is 2. The van der Waals surface area contributed by atoms with Crippen LogP contribution in [-0.2, 0) is 9.53 Å². The van der Waals surface area contributed by atoms with Gasteiger partial charge in [0.05, 0.1) is 25.4 Å². The van der Waals surface area contributed by atoms with E-state index in [0.29, 0.717) is 11.1 Å². The van der Waals surface area contributed by atoms with Gasteiger partial charge in [-0.15, -0.1) is 0 Å². The average Bonchev–Trinajstić information content (AvgIpc) is 2.91. The number of para-hydroxylation sites is 2. The maximum absolute atomic E-state index is 12.4. The maximum Gasteiger partial charge on any atom is 0.174 e. The molecule has 0 atom stereocenters. The summed E-state index contributed by atoms with van der Waals surface area (Å²) in [5.74, 6) is -0.574. The van der Waals surface area contributed by atoms with E-state index in [9.17, 15) is 9.59 Å². The number of allylic oxidation sites excluding steroid dienone is 1. The largest absolute Gasteiger partial charge is 0.504 e. The predicted molar refractivity (Wildman–Crippen MR) is 83.8 cm³/mol. The minimum atomic E-state index is -0.306. The van der Waals surface area contributed by atoms with Crippen LogP contribution >= 0.6 is 0 Å². The third-order valence-electron chi connectivity index (χ3n) is 3.43. The zero-order valence-electron chi connectivity index (χ0n) is 12.0. The number of benzene rings is 2. The number of carbonyl (C=O) groups is 2. The first kappa shape index (κ1) is 14.1. The lowest BCUT2D eigenvalue weighted by Crippen LogP contribution is -2.06. The van der Waals surface area contributed by atoms with Crippen LogP contribution in [0.1, 0.15) is 16.8 Å². The van der Waals surface area contributed by atoms with Gasteiger partial charge in [0, 0.05) is 16.8 Å². The molecule has 1 aromatic heterocycles. The molecule has 0 unspecified atom stereocenters. The van der Waals surface area contributed by atoms with E-state index in [1.807, 2.05) is 30.3 Å². The molecule has 3 aromatic rings. The summed E-state index contributed by atoms with van der Waals surface area (Å²) >= 11 is 0. The average molecular weight is 294 g/mol. The van der Waals surface area contributed by atoms with Crippen molar-refractivity contribution in [3.63, 3.8) is 0 Å². The van der Waals surface area contributed by atoms with Crippen molar-refractivity contribution in [2.24, 2.45) is 0 Å². The Morgan fingerprint density at radius 3 is 2.68 bits per heavy atom. The van der Waals surface area contributed by atoms with Gasteiger partial charge in [0.1, 0.15) is 11.2 Å². The molecule has 0 saturated carbocycles. The highest BCUT2D eigenvalue weighted by Crippen LogP contribution is 2.31. The van der Waals surface area contributed by atoms with Crippen molar-refractivity contribution in [3.05, 3.63) is 60.4 Å². The topological polar surface area (TPSA) is 56.5 Å². The number of hydrogen-bond acceptors (Lipinski definition) is 4. The van der Waals surface area contributed by atoms with Crippen LogP contribution in [-0.4, -0.2) is 18.7 Å². The molecule has 0 radical (unpaired) electrons. The van der Waals surface area contributed by atoms with Gasteiger partial charge in [-0.3, -0.25) is 9.59 Å². The standard InChI is InChI=1S/C18H14O4/c1-21-10-9-12(19)11-16(20)15-7-4-6-14-13-5-2-3-8-17(13)22-18(14)15/h2-10H,11H2,1H3. The van der Waals surface area contributed by atoms with E-state index < -0.39 is 0 Å². The van der Waals surface area contributed by atoms with Crippen molar-refractivity contribution < 1.29 is 18.7 Å². The molecule has 0 aliphatic rings. The number of rotatable bonds is 5. The normalized spacial score (nSPS) is 11.3. The molecule has 4 nitrogen and oxygen atoms in total. The van der Waals surface area contributed by atoms with E-state index in [1.54, 1.807) is 12.1 Å². The van der Waals surface area contributed by atoms with E-state index >= 15 is 0 Å². The van der Waals surface area contributed by atoms with E-state index in [4.69, 9.17) is 4.42 Å². The number of hydrogen-bond donors (Lipinski definition) is 0. The smallest absolute Gasteiger partial charge is 0.174 e. The van der Waals surface area contributed by atoms with Gasteiger partial charge in [-0.05, 0) is 12.1 Å². The molecule has 0 aliphatic heterocycles. The molecule has 0 spiro atoms. The Hall–Kier alpha value is -2.88. The van der Waals surface area contributed by atoms with Crippen LogP contribution in [0.2, 0.25) is 0 Å². The number of methoxy groups -OCH3 is 1. The van der Waals surface area contributed by atoms with Gasteiger partial charge in [0.15, 0.2) is 11.6 Å². The molecule has 1 heterocycles. The monoisotopic (exact) mass is 294 g/mol. The molecule has 0 aliphatic carbocycles. The Labute approximate surface area is 127 Å². The lowest BCUT2D eigenvalue weighted by molar-refractivity contribution is -0.113. The fraction of sp³-hybridized carbons (Fsp3) is 0.111. The van der Waals surface area contributed by atoms with E-state index in [2.05, 4.69) is 4.74 Å². The van der Waals surface area contributed by atoms with Crippen LogP contribution in [0, 0.1) is 0 Å². The van der Waals surface area contributed by atoms with Crippen molar-refractivity contribution >= 4 is 33.5 Å². The fourth-order valence-electron chi connectivity index (χ4n) is 2.42. The minimum absolute atomic E-state index is 0.212. The summed E-state index contributed by atoms with van der Waals surface area (Å²) in [6.07, 6.45) is 2.30. The van der Waals surface area contributed by atoms with Crippen LogP contribution in [0.15, 0.2) is 59.2 Å². The van der Waals surface area contributed by atoms with Crippen LogP contribution in [0.4, 0.5) is 0 Å². The predicted octanol–water partition coefficient (Wildman–Crippen LogP) is 3.89. The minimum Gasteiger partial charge on any atom is -0.504 e. The lowest BCUT2D eigenvalue weighted by atomic mass is 10.0. The third-order valence-corrected chi connectivity index (χ3v) is 3.43. The Morgan fingerprint density at radius 1 is 1.09 bits per heavy atom. The van der Waals surface area contributed by atoms with Crippen LogP contribution in [0.5, 0.6) is 0 Å². The van der Waals surface area contributed by atoms with Crippen molar-refractivity contribution in [3.8, 4) is 0 Å². The molecule has 22 heavy (non-hydrogen) atoms. The fourth-order valence-corrected chi connectivity index (χ4v) is 2.42. The SMILES string of the molecule is COC=CC(=O)CC(=O)c1cccc2c1oc1ccccc12. The van der Waals surface area contributed by atoms with Gasteiger partial charge in [-0.25, -0.2) is 0 Å². The molecule has 0 amide bonds. The zero-order chi connectivity index (χ0) is 15.5. The van der Waals surface area contributed by atoms with Gasteiger partial charge in [-0.1, -0.05) is 30.3 Å². The molecule has 110 valence electrons. The van der Waals surface area contributed by atoms with E-state index in [-0.39, 0.29) is 18.0 Å². The number of ether oxygens (including phenoxy) is 1. The summed E-state index contributed by atoms with van der Waals surface area (Å²) in [5.41, 5.74) is 1.67. The van der Waals surface area contributed by atoms with Gasteiger partial charge >= 0.3 is 0 Å². The summed E-state index contributed by atoms with van der Waals surface area (Å²) in [6.45, 7) is 0. The summed E-state index contributed by atoms with van der Waals surface area (Å²) in [4.78, 5) is 24.0. The molecule has 4 heteroatoms. The highest BCUT2D eigenvalue weighted by molar-refractivity contribution is 6.18. The van der Waals surface area contributed by atoms with Crippen molar-refractivity contribution in [2.75, 3.05) is 7.11 Å². The summed E-state index contributed by atoms with van der Waals surface area (Å²) in [6, 6.07) is 13.0. The first-order valence-electron chi connectivity index (χ1n) is 6.86. The van der Waals surface area contributed by atoms with Crippen LogP contribution < -0.4 is 0 Å². The second kappa shape index (κ2) is 5.85. The molecular weight excluding hydrogens is 280 g/mol. The number of furan rings is 1. The van der Waals surface area contributed by atoms with Crippen LogP contribution in [0.25, 0.3) is 21.9 Å².